The van der Waals surface area contributed by atoms with Gasteiger partial charge in [-0.3, -0.25) is 9.13 Å². The second kappa shape index (κ2) is 9.93. The van der Waals surface area contributed by atoms with Gasteiger partial charge in [0.2, 0.25) is 0 Å². The number of imidazole rings is 1. The monoisotopic (exact) mass is 447 g/mol. The van der Waals surface area contributed by atoms with Crippen molar-refractivity contribution in [1.29, 1.82) is 0 Å². The second-order valence-electron chi connectivity index (χ2n) is 9.15. The zero-order chi connectivity index (χ0) is 22.6. The van der Waals surface area contributed by atoms with E-state index < -0.39 is 0 Å². The van der Waals surface area contributed by atoms with Gasteiger partial charge in [0.25, 0.3) is 0 Å². The molecule has 0 saturated carbocycles. The fourth-order valence-corrected chi connectivity index (χ4v) is 4.89. The highest BCUT2D eigenvalue weighted by molar-refractivity contribution is 5.47. The van der Waals surface area contributed by atoms with Crippen LogP contribution in [0.1, 0.15) is 29.9 Å². The molecular weight excluding hydrogens is 414 g/mol. The first kappa shape index (κ1) is 21.9. The highest BCUT2D eigenvalue weighted by Gasteiger charge is 2.19. The highest BCUT2D eigenvalue weighted by Crippen LogP contribution is 2.27. The molecule has 1 aromatic carbocycles. The molecule has 7 nitrogen and oxygen atoms in total. The largest absolute Gasteiger partial charge is 0.381 e. The molecule has 2 aliphatic heterocycles. The minimum atomic E-state index is -0.00106. The number of hydrogen-bond acceptors (Lipinski definition) is 5. The number of hydrogen-bond donors (Lipinski definition) is 0. The summed E-state index contributed by atoms with van der Waals surface area (Å²) in [5, 5.41) is 0. The minimum absolute atomic E-state index is 0.00106. The Bertz CT molecular complexity index is 1110. The number of aryl methyl sites for hydroxylation is 2. The maximum Gasteiger partial charge on any atom is 0.332 e. The Morgan fingerprint density at radius 2 is 1.76 bits per heavy atom. The predicted octanol–water partition coefficient (Wildman–Crippen LogP) is 2.92. The summed E-state index contributed by atoms with van der Waals surface area (Å²) in [6, 6.07) is 12.6. The zero-order valence-electron chi connectivity index (χ0n) is 19.4. The standard InChI is InChI=1S/C26H33N5O2/c1-28-13-15-29(16-14-28)25-23(3-2-11-27-25)8-12-30-17-18-31(26(30)32)24-6-4-21(5-7-24)22-9-19-33-20-10-22/h2-7,11,17-18,22H,8-10,12-16,19-20H2,1H3. The molecule has 5 rings (SSSR count). The summed E-state index contributed by atoms with van der Waals surface area (Å²) in [6.07, 6.45) is 8.54. The van der Waals surface area contributed by atoms with Crippen molar-refractivity contribution in [2.45, 2.75) is 31.7 Å². The maximum atomic E-state index is 13.1. The van der Waals surface area contributed by atoms with Crippen LogP contribution in [0.25, 0.3) is 5.69 Å². The molecule has 0 unspecified atom stereocenters. The molecule has 0 amide bonds. The van der Waals surface area contributed by atoms with E-state index in [2.05, 4.69) is 52.2 Å². The van der Waals surface area contributed by atoms with E-state index in [0.29, 0.717) is 12.5 Å². The van der Waals surface area contributed by atoms with Crippen LogP contribution >= 0.6 is 0 Å². The van der Waals surface area contributed by atoms with Crippen molar-refractivity contribution in [2.24, 2.45) is 0 Å². The Hall–Kier alpha value is -2.90. The van der Waals surface area contributed by atoms with Crippen molar-refractivity contribution in [1.82, 2.24) is 19.0 Å². The summed E-state index contributed by atoms with van der Waals surface area (Å²) >= 11 is 0. The van der Waals surface area contributed by atoms with Gasteiger partial charge in [-0.05, 0) is 61.6 Å². The van der Waals surface area contributed by atoms with E-state index in [-0.39, 0.29) is 5.69 Å². The van der Waals surface area contributed by atoms with Crippen LogP contribution in [0.2, 0.25) is 0 Å². The lowest BCUT2D eigenvalue weighted by Gasteiger charge is -2.34. The summed E-state index contributed by atoms with van der Waals surface area (Å²) in [6.45, 7) is 6.38. The van der Waals surface area contributed by atoms with Crippen LogP contribution in [-0.4, -0.2) is 65.5 Å². The second-order valence-corrected chi connectivity index (χ2v) is 9.15. The average Bonchev–Trinajstić information content (AvgIpc) is 3.24. The fourth-order valence-electron chi connectivity index (χ4n) is 4.89. The van der Waals surface area contributed by atoms with Gasteiger partial charge in [-0.1, -0.05) is 18.2 Å². The molecule has 33 heavy (non-hydrogen) atoms. The van der Waals surface area contributed by atoms with Crippen molar-refractivity contribution in [3.05, 3.63) is 76.6 Å². The molecule has 7 heteroatoms. The van der Waals surface area contributed by atoms with E-state index in [1.165, 1.54) is 11.1 Å². The van der Waals surface area contributed by atoms with Crippen molar-refractivity contribution in [3.63, 3.8) is 0 Å². The molecule has 0 atom stereocenters. The SMILES string of the molecule is CN1CCN(c2ncccc2CCn2ccn(-c3ccc(C4CCOCC4)cc3)c2=O)CC1. The molecule has 0 N–H and O–H groups in total. The van der Waals surface area contributed by atoms with Gasteiger partial charge in [-0.15, -0.1) is 0 Å². The molecule has 0 spiro atoms. The molecule has 174 valence electrons. The quantitative estimate of drug-likeness (QED) is 0.582. The Labute approximate surface area is 195 Å². The number of piperazine rings is 1. The first-order valence-corrected chi connectivity index (χ1v) is 12.0. The Kier molecular flexibility index (Phi) is 6.60. The summed E-state index contributed by atoms with van der Waals surface area (Å²) in [7, 11) is 2.16. The zero-order valence-corrected chi connectivity index (χ0v) is 19.4. The van der Waals surface area contributed by atoms with Gasteiger partial charge in [0.05, 0.1) is 5.69 Å². The lowest BCUT2D eigenvalue weighted by molar-refractivity contribution is 0.0853. The third-order valence-electron chi connectivity index (χ3n) is 7.00. The Morgan fingerprint density at radius 1 is 1.00 bits per heavy atom. The first-order chi connectivity index (χ1) is 16.2. The number of anilines is 1. The number of aromatic nitrogens is 3. The van der Waals surface area contributed by atoms with Crippen molar-refractivity contribution < 1.29 is 4.74 Å². The van der Waals surface area contributed by atoms with Gasteiger partial charge < -0.3 is 14.5 Å². The Morgan fingerprint density at radius 3 is 2.52 bits per heavy atom. The molecule has 4 heterocycles. The van der Waals surface area contributed by atoms with E-state index in [9.17, 15) is 4.79 Å². The van der Waals surface area contributed by atoms with E-state index >= 15 is 0 Å². The van der Waals surface area contributed by atoms with E-state index in [1.54, 1.807) is 9.13 Å². The third-order valence-corrected chi connectivity index (χ3v) is 7.00. The number of benzene rings is 1. The van der Waals surface area contributed by atoms with Crippen molar-refractivity contribution >= 4 is 5.82 Å². The number of pyridine rings is 1. The molecule has 2 aliphatic rings. The topological polar surface area (TPSA) is 55.5 Å². The summed E-state index contributed by atoms with van der Waals surface area (Å²) in [4.78, 5) is 22.5. The van der Waals surface area contributed by atoms with Crippen LogP contribution in [-0.2, 0) is 17.7 Å². The van der Waals surface area contributed by atoms with Crippen LogP contribution in [0.3, 0.4) is 0 Å². The molecule has 0 bridgehead atoms. The molecule has 2 saturated heterocycles. The van der Waals surface area contributed by atoms with Gasteiger partial charge in [0, 0.05) is 64.5 Å². The molecule has 0 aliphatic carbocycles. The van der Waals surface area contributed by atoms with Crippen LogP contribution in [0.15, 0.2) is 59.8 Å². The van der Waals surface area contributed by atoms with Gasteiger partial charge in [-0.25, -0.2) is 9.78 Å². The molecule has 0 radical (unpaired) electrons. The first-order valence-electron chi connectivity index (χ1n) is 12.0. The third kappa shape index (κ3) is 4.89. The summed E-state index contributed by atoms with van der Waals surface area (Å²) in [5.74, 6) is 1.62. The fraction of sp³-hybridized carbons (Fsp3) is 0.462. The lowest BCUT2D eigenvalue weighted by Crippen LogP contribution is -2.45. The number of nitrogens with zero attached hydrogens (tertiary/aromatic N) is 5. The van der Waals surface area contributed by atoms with Crippen molar-refractivity contribution in [2.75, 3.05) is 51.3 Å². The molecule has 2 fully saturated rings. The van der Waals surface area contributed by atoms with Gasteiger partial charge in [-0.2, -0.15) is 0 Å². The smallest absolute Gasteiger partial charge is 0.332 e. The highest BCUT2D eigenvalue weighted by atomic mass is 16.5. The normalized spacial score (nSPS) is 18.0. The summed E-state index contributed by atoms with van der Waals surface area (Å²) in [5.41, 5.74) is 3.44. The number of rotatable bonds is 6. The molecule has 3 aromatic rings. The van der Waals surface area contributed by atoms with E-state index in [1.807, 2.05) is 24.7 Å². The summed E-state index contributed by atoms with van der Waals surface area (Å²) < 4.78 is 9.01. The average molecular weight is 448 g/mol. The van der Waals surface area contributed by atoms with Crippen LogP contribution in [0.5, 0.6) is 0 Å². The Balaban J connectivity index is 1.27. The van der Waals surface area contributed by atoms with Crippen molar-refractivity contribution in [3.8, 4) is 5.69 Å². The van der Waals surface area contributed by atoms with Crippen LogP contribution in [0.4, 0.5) is 5.82 Å². The van der Waals surface area contributed by atoms with Crippen LogP contribution < -0.4 is 10.6 Å². The maximum absolute atomic E-state index is 13.1. The molecular formula is C26H33N5O2. The number of likely N-dealkylation sites (N-methyl/N-ethyl adjacent to an activating group) is 1. The van der Waals surface area contributed by atoms with Gasteiger partial charge in [0.15, 0.2) is 0 Å². The van der Waals surface area contributed by atoms with E-state index in [0.717, 1.165) is 70.2 Å². The minimum Gasteiger partial charge on any atom is -0.381 e. The van der Waals surface area contributed by atoms with Gasteiger partial charge >= 0.3 is 5.69 Å². The van der Waals surface area contributed by atoms with Gasteiger partial charge in [0.1, 0.15) is 5.82 Å². The van der Waals surface area contributed by atoms with Crippen LogP contribution in [0, 0.1) is 0 Å². The lowest BCUT2D eigenvalue weighted by atomic mass is 9.92. The number of ether oxygens (including phenoxy) is 1. The molecule has 2 aromatic heterocycles. The van der Waals surface area contributed by atoms with E-state index in [4.69, 9.17) is 4.74 Å². The predicted molar refractivity (Wildman–Crippen MR) is 130 cm³/mol.